The number of nitrogens with one attached hydrogen (secondary N) is 2. The first-order chi connectivity index (χ1) is 10.6. The lowest BCUT2D eigenvalue weighted by Gasteiger charge is -2.07. The highest BCUT2D eigenvalue weighted by atomic mass is 79.9. The van der Waals surface area contributed by atoms with Gasteiger partial charge in [0.05, 0.1) is 17.8 Å². The number of rotatable bonds is 4. The van der Waals surface area contributed by atoms with Crippen molar-refractivity contribution in [3.63, 3.8) is 0 Å². The molecule has 2 aromatic rings. The molecule has 2 aromatic carbocycles. The Morgan fingerprint density at radius 2 is 2.05 bits per heavy atom. The van der Waals surface area contributed by atoms with Gasteiger partial charge in [0.1, 0.15) is 0 Å². The van der Waals surface area contributed by atoms with E-state index in [0.717, 1.165) is 11.3 Å². The zero-order valence-electron chi connectivity index (χ0n) is 11.7. The quantitative estimate of drug-likeness (QED) is 0.431. The number of benzene rings is 2. The normalized spacial score (nSPS) is 10.5. The minimum Gasteiger partial charge on any atom is -0.503 e. The summed E-state index contributed by atoms with van der Waals surface area (Å²) in [4.78, 5) is 0. The highest BCUT2D eigenvalue weighted by Crippen LogP contribution is 2.34. The van der Waals surface area contributed by atoms with E-state index >= 15 is 0 Å². The second kappa shape index (κ2) is 7.77. The monoisotopic (exact) mass is 379 g/mol. The SMILES string of the molecule is COc1cc(/C=N/NC(=S)Nc2ccccc2)cc(Br)c1O. The molecule has 0 radical (unpaired) electrons. The fraction of sp³-hybridized carbons (Fsp3) is 0.0667. The lowest BCUT2D eigenvalue weighted by molar-refractivity contribution is 0.372. The zero-order chi connectivity index (χ0) is 15.9. The lowest BCUT2D eigenvalue weighted by atomic mass is 10.2. The number of anilines is 1. The number of halogens is 1. The number of hydrogen-bond donors (Lipinski definition) is 3. The largest absolute Gasteiger partial charge is 0.503 e. The second-order valence-corrected chi connectivity index (χ2v) is 5.51. The van der Waals surface area contributed by atoms with Crippen molar-refractivity contribution in [3.8, 4) is 11.5 Å². The van der Waals surface area contributed by atoms with Crippen molar-refractivity contribution < 1.29 is 9.84 Å². The summed E-state index contributed by atoms with van der Waals surface area (Å²) in [7, 11) is 1.49. The molecular formula is C15H14BrN3O2S. The van der Waals surface area contributed by atoms with Crippen LogP contribution in [0.4, 0.5) is 5.69 Å². The second-order valence-electron chi connectivity index (χ2n) is 4.24. The van der Waals surface area contributed by atoms with Gasteiger partial charge in [0.25, 0.3) is 0 Å². The number of phenolic OH excluding ortho intramolecular Hbond substituents is 1. The molecule has 0 heterocycles. The topological polar surface area (TPSA) is 65.9 Å². The summed E-state index contributed by atoms with van der Waals surface area (Å²) >= 11 is 8.39. The van der Waals surface area contributed by atoms with Gasteiger partial charge < -0.3 is 15.2 Å². The van der Waals surface area contributed by atoms with Gasteiger partial charge in [-0.2, -0.15) is 5.10 Å². The number of para-hydroxylation sites is 1. The van der Waals surface area contributed by atoms with Gasteiger partial charge in [0.15, 0.2) is 16.6 Å². The van der Waals surface area contributed by atoms with Crippen LogP contribution in [0.5, 0.6) is 11.5 Å². The molecule has 0 unspecified atom stereocenters. The van der Waals surface area contributed by atoms with Gasteiger partial charge in [-0.3, -0.25) is 5.43 Å². The van der Waals surface area contributed by atoms with E-state index in [1.54, 1.807) is 18.3 Å². The Morgan fingerprint density at radius 3 is 2.73 bits per heavy atom. The van der Waals surface area contributed by atoms with E-state index < -0.39 is 0 Å². The molecule has 22 heavy (non-hydrogen) atoms. The number of phenols is 1. The van der Waals surface area contributed by atoms with Crippen molar-refractivity contribution in [2.24, 2.45) is 5.10 Å². The predicted molar refractivity (Wildman–Crippen MR) is 95.8 cm³/mol. The van der Waals surface area contributed by atoms with Crippen molar-refractivity contribution >= 4 is 45.2 Å². The summed E-state index contributed by atoms with van der Waals surface area (Å²) in [6, 6.07) is 12.9. The Labute approximate surface area is 142 Å². The number of ether oxygens (including phenoxy) is 1. The molecule has 0 aromatic heterocycles. The van der Waals surface area contributed by atoms with Crippen molar-refractivity contribution in [3.05, 3.63) is 52.5 Å². The average Bonchev–Trinajstić information content (AvgIpc) is 2.51. The molecular weight excluding hydrogens is 366 g/mol. The van der Waals surface area contributed by atoms with Crippen LogP contribution >= 0.6 is 28.1 Å². The van der Waals surface area contributed by atoms with Crippen LogP contribution in [0.15, 0.2) is 52.0 Å². The molecule has 0 spiro atoms. The van der Waals surface area contributed by atoms with Gasteiger partial charge >= 0.3 is 0 Å². The third-order valence-electron chi connectivity index (χ3n) is 2.68. The van der Waals surface area contributed by atoms with Gasteiger partial charge in [-0.05, 0) is 58.0 Å². The maximum Gasteiger partial charge on any atom is 0.191 e. The minimum absolute atomic E-state index is 0.0499. The van der Waals surface area contributed by atoms with Crippen LogP contribution in [0.25, 0.3) is 0 Å². The van der Waals surface area contributed by atoms with Gasteiger partial charge in [-0.15, -0.1) is 0 Å². The molecule has 114 valence electrons. The molecule has 0 fully saturated rings. The predicted octanol–water partition coefficient (Wildman–Crippen LogP) is 3.48. The molecule has 3 N–H and O–H groups in total. The molecule has 0 saturated carbocycles. The van der Waals surface area contributed by atoms with E-state index in [2.05, 4.69) is 31.8 Å². The first kappa shape index (κ1) is 16.3. The van der Waals surface area contributed by atoms with E-state index in [1.165, 1.54) is 7.11 Å². The summed E-state index contributed by atoms with van der Waals surface area (Å²) in [5.74, 6) is 0.412. The third kappa shape index (κ3) is 4.44. The van der Waals surface area contributed by atoms with Gasteiger partial charge in [0, 0.05) is 5.69 Å². The zero-order valence-corrected chi connectivity index (χ0v) is 14.1. The molecule has 0 saturated heterocycles. The molecule has 0 aliphatic heterocycles. The van der Waals surface area contributed by atoms with Crippen LogP contribution in [0.3, 0.4) is 0 Å². The summed E-state index contributed by atoms with van der Waals surface area (Å²) < 4.78 is 5.60. The van der Waals surface area contributed by atoms with Crippen LogP contribution in [0, 0.1) is 0 Å². The smallest absolute Gasteiger partial charge is 0.191 e. The van der Waals surface area contributed by atoms with E-state index in [-0.39, 0.29) is 5.75 Å². The Hall–Kier alpha value is -2.12. The molecule has 0 bridgehead atoms. The fourth-order valence-electron chi connectivity index (χ4n) is 1.67. The molecule has 2 rings (SSSR count). The van der Waals surface area contributed by atoms with Crippen LogP contribution in [0.1, 0.15) is 5.56 Å². The average molecular weight is 380 g/mol. The summed E-state index contributed by atoms with van der Waals surface area (Å²) in [5.41, 5.74) is 4.35. The van der Waals surface area contributed by atoms with Gasteiger partial charge in [0.2, 0.25) is 0 Å². The standard InChI is InChI=1S/C15H14BrN3O2S/c1-21-13-8-10(7-12(16)14(13)20)9-17-19-15(22)18-11-5-3-2-4-6-11/h2-9,20H,1H3,(H2,18,19,22)/b17-9+. The van der Waals surface area contributed by atoms with Crippen LogP contribution < -0.4 is 15.5 Å². The van der Waals surface area contributed by atoms with Crippen molar-refractivity contribution in [1.82, 2.24) is 5.43 Å². The molecule has 0 aliphatic carbocycles. The van der Waals surface area contributed by atoms with E-state index in [1.807, 2.05) is 30.3 Å². The highest BCUT2D eigenvalue weighted by Gasteiger charge is 2.07. The summed E-state index contributed by atoms with van der Waals surface area (Å²) in [6.45, 7) is 0. The first-order valence-electron chi connectivity index (χ1n) is 6.31. The Balaban J connectivity index is 1.98. The van der Waals surface area contributed by atoms with Crippen LogP contribution in [-0.4, -0.2) is 23.5 Å². The maximum absolute atomic E-state index is 9.74. The minimum atomic E-state index is 0.0499. The number of thiocarbonyl (C=S) groups is 1. The van der Waals surface area contributed by atoms with E-state index in [4.69, 9.17) is 17.0 Å². The van der Waals surface area contributed by atoms with E-state index in [0.29, 0.717) is 15.3 Å². The van der Waals surface area contributed by atoms with Crippen molar-refractivity contribution in [1.29, 1.82) is 0 Å². The van der Waals surface area contributed by atoms with Crippen LogP contribution in [-0.2, 0) is 0 Å². The maximum atomic E-state index is 9.74. The molecule has 5 nitrogen and oxygen atoms in total. The van der Waals surface area contributed by atoms with Crippen LogP contribution in [0.2, 0.25) is 0 Å². The number of nitrogens with zero attached hydrogens (tertiary/aromatic N) is 1. The molecule has 0 atom stereocenters. The molecule has 0 aliphatic rings. The molecule has 7 heteroatoms. The number of hydrazone groups is 1. The summed E-state index contributed by atoms with van der Waals surface area (Å²) in [5, 5.41) is 17.2. The molecule has 0 amide bonds. The number of hydrogen-bond acceptors (Lipinski definition) is 4. The number of methoxy groups -OCH3 is 1. The Kier molecular flexibility index (Phi) is 5.74. The fourth-order valence-corrected chi connectivity index (χ4v) is 2.30. The lowest BCUT2D eigenvalue weighted by Crippen LogP contribution is -2.23. The Morgan fingerprint density at radius 1 is 1.32 bits per heavy atom. The number of aromatic hydroxyl groups is 1. The van der Waals surface area contributed by atoms with Gasteiger partial charge in [-0.1, -0.05) is 18.2 Å². The Bertz CT molecular complexity index is 693. The highest BCUT2D eigenvalue weighted by molar-refractivity contribution is 9.10. The van der Waals surface area contributed by atoms with Crippen molar-refractivity contribution in [2.45, 2.75) is 0 Å². The van der Waals surface area contributed by atoms with Gasteiger partial charge in [-0.25, -0.2) is 0 Å². The van der Waals surface area contributed by atoms with Crippen molar-refractivity contribution in [2.75, 3.05) is 12.4 Å². The first-order valence-corrected chi connectivity index (χ1v) is 7.52. The van der Waals surface area contributed by atoms with E-state index in [9.17, 15) is 5.11 Å². The third-order valence-corrected chi connectivity index (χ3v) is 3.48. The summed E-state index contributed by atoms with van der Waals surface area (Å²) in [6.07, 6.45) is 1.58.